The Balaban J connectivity index is 2.40. The van der Waals surface area contributed by atoms with Crippen LogP contribution in [0.4, 0.5) is 0 Å². The summed E-state index contributed by atoms with van der Waals surface area (Å²) in [4.78, 5) is 25.5. The van der Waals surface area contributed by atoms with Gasteiger partial charge in [-0.15, -0.1) is 0 Å². The fraction of sp³-hybridized carbons (Fsp3) is 0.500. The number of carbonyl (C=O) groups excluding carboxylic acids is 1. The first kappa shape index (κ1) is 17.9. The zero-order chi connectivity index (χ0) is 17.9. The van der Waals surface area contributed by atoms with Gasteiger partial charge in [0.1, 0.15) is 6.04 Å². The van der Waals surface area contributed by atoms with Gasteiger partial charge in [-0.1, -0.05) is 0 Å². The van der Waals surface area contributed by atoms with E-state index in [9.17, 15) is 14.7 Å². The Morgan fingerprint density at radius 1 is 1.08 bits per heavy atom. The molecule has 1 heterocycles. The summed E-state index contributed by atoms with van der Waals surface area (Å²) in [7, 11) is 5.85. The first-order valence-corrected chi connectivity index (χ1v) is 7.33. The highest BCUT2D eigenvalue weighted by atomic mass is 16.5. The Hall–Kier alpha value is -2.48. The van der Waals surface area contributed by atoms with Crippen molar-refractivity contribution in [3.8, 4) is 17.2 Å². The lowest BCUT2D eigenvalue weighted by Crippen LogP contribution is -2.40. The van der Waals surface area contributed by atoms with Crippen LogP contribution in [0.3, 0.4) is 0 Å². The molecule has 1 aliphatic rings. The number of carbonyl (C=O) groups is 2. The largest absolute Gasteiger partial charge is 0.493 e. The maximum atomic E-state index is 12.8. The quantitative estimate of drug-likeness (QED) is 0.827. The highest BCUT2D eigenvalue weighted by Crippen LogP contribution is 2.39. The molecule has 1 aromatic carbocycles. The van der Waals surface area contributed by atoms with Gasteiger partial charge in [0.2, 0.25) is 5.75 Å². The van der Waals surface area contributed by atoms with Gasteiger partial charge in [0.15, 0.2) is 11.5 Å². The molecular weight excluding hydrogens is 318 g/mol. The van der Waals surface area contributed by atoms with E-state index in [4.69, 9.17) is 18.9 Å². The molecule has 1 N–H and O–H groups in total. The molecule has 0 bridgehead atoms. The highest BCUT2D eigenvalue weighted by Gasteiger charge is 2.40. The molecule has 1 aromatic rings. The molecule has 132 valence electrons. The van der Waals surface area contributed by atoms with Gasteiger partial charge in [0.05, 0.1) is 27.4 Å². The van der Waals surface area contributed by atoms with E-state index in [2.05, 4.69) is 0 Å². The standard InChI is InChI=1S/C16H21NO7/c1-21-10-7-11(16(19)20)17(8-10)15(18)9-5-12(22-2)14(24-4)13(6-9)23-3/h5-6,10-11H,7-8H2,1-4H3,(H,19,20). The van der Waals surface area contributed by atoms with Crippen molar-refractivity contribution < 1.29 is 33.6 Å². The van der Waals surface area contributed by atoms with Crippen LogP contribution in [0.1, 0.15) is 16.8 Å². The number of aliphatic carboxylic acids is 1. The minimum Gasteiger partial charge on any atom is -0.493 e. The maximum absolute atomic E-state index is 12.8. The van der Waals surface area contributed by atoms with Crippen LogP contribution < -0.4 is 14.2 Å². The van der Waals surface area contributed by atoms with E-state index in [0.29, 0.717) is 17.2 Å². The van der Waals surface area contributed by atoms with Gasteiger partial charge in [0.25, 0.3) is 5.91 Å². The van der Waals surface area contributed by atoms with Crippen LogP contribution in [0.2, 0.25) is 0 Å². The number of ether oxygens (including phenoxy) is 4. The van der Waals surface area contributed by atoms with Gasteiger partial charge < -0.3 is 29.0 Å². The van der Waals surface area contributed by atoms with Crippen LogP contribution in [0.25, 0.3) is 0 Å². The number of nitrogens with zero attached hydrogens (tertiary/aromatic N) is 1. The average molecular weight is 339 g/mol. The number of amides is 1. The lowest BCUT2D eigenvalue weighted by atomic mass is 10.1. The molecule has 1 aliphatic heterocycles. The fourth-order valence-corrected chi connectivity index (χ4v) is 2.80. The van der Waals surface area contributed by atoms with E-state index >= 15 is 0 Å². The van der Waals surface area contributed by atoms with Crippen molar-refractivity contribution in [2.75, 3.05) is 35.0 Å². The SMILES string of the molecule is COc1cc(C(=O)N2CC(OC)CC2C(=O)O)cc(OC)c1OC. The van der Waals surface area contributed by atoms with E-state index in [0.717, 1.165) is 0 Å². The number of rotatable bonds is 6. The summed E-state index contributed by atoms with van der Waals surface area (Å²) in [6.07, 6.45) is -0.0563. The summed E-state index contributed by atoms with van der Waals surface area (Å²) in [5.74, 6) is -0.469. The second-order valence-corrected chi connectivity index (χ2v) is 5.32. The van der Waals surface area contributed by atoms with Crippen molar-refractivity contribution >= 4 is 11.9 Å². The molecule has 1 amide bonds. The predicted molar refractivity (Wildman–Crippen MR) is 84.0 cm³/mol. The number of likely N-dealkylation sites (tertiary alicyclic amines) is 1. The van der Waals surface area contributed by atoms with Crippen molar-refractivity contribution in [3.05, 3.63) is 17.7 Å². The number of hydrogen-bond acceptors (Lipinski definition) is 6. The molecule has 2 unspecified atom stereocenters. The molecule has 0 saturated carbocycles. The van der Waals surface area contributed by atoms with Crippen LogP contribution in [-0.2, 0) is 9.53 Å². The van der Waals surface area contributed by atoms with Crippen LogP contribution in [0, 0.1) is 0 Å². The minimum atomic E-state index is -1.06. The molecular formula is C16H21NO7. The number of hydrogen-bond donors (Lipinski definition) is 1. The molecule has 0 aromatic heterocycles. The maximum Gasteiger partial charge on any atom is 0.326 e. The van der Waals surface area contributed by atoms with E-state index in [1.807, 2.05) is 0 Å². The molecule has 2 atom stereocenters. The highest BCUT2D eigenvalue weighted by molar-refractivity contribution is 5.98. The minimum absolute atomic E-state index is 0.211. The Labute approximate surface area is 139 Å². The number of methoxy groups -OCH3 is 4. The molecule has 1 saturated heterocycles. The molecule has 8 heteroatoms. The molecule has 0 aliphatic carbocycles. The summed E-state index contributed by atoms with van der Waals surface area (Å²) in [5.41, 5.74) is 0.257. The average Bonchev–Trinajstić information content (AvgIpc) is 3.04. The van der Waals surface area contributed by atoms with Crippen molar-refractivity contribution in [2.45, 2.75) is 18.6 Å². The van der Waals surface area contributed by atoms with Gasteiger partial charge in [-0.05, 0) is 12.1 Å². The molecule has 8 nitrogen and oxygen atoms in total. The van der Waals surface area contributed by atoms with Crippen molar-refractivity contribution in [1.29, 1.82) is 0 Å². The normalized spacial score (nSPS) is 19.9. The Morgan fingerprint density at radius 2 is 1.67 bits per heavy atom. The van der Waals surface area contributed by atoms with Gasteiger partial charge in [-0.2, -0.15) is 0 Å². The van der Waals surface area contributed by atoms with Gasteiger partial charge in [-0.25, -0.2) is 4.79 Å². The van der Waals surface area contributed by atoms with E-state index in [1.165, 1.54) is 45.5 Å². The molecule has 24 heavy (non-hydrogen) atoms. The van der Waals surface area contributed by atoms with Crippen LogP contribution >= 0.6 is 0 Å². The van der Waals surface area contributed by atoms with Gasteiger partial charge in [-0.3, -0.25) is 4.79 Å². The van der Waals surface area contributed by atoms with Gasteiger partial charge >= 0.3 is 5.97 Å². The van der Waals surface area contributed by atoms with Crippen molar-refractivity contribution in [1.82, 2.24) is 4.90 Å². The second kappa shape index (κ2) is 7.39. The zero-order valence-corrected chi connectivity index (χ0v) is 14.1. The first-order valence-electron chi connectivity index (χ1n) is 7.33. The molecule has 1 fully saturated rings. The number of benzene rings is 1. The Morgan fingerprint density at radius 3 is 2.08 bits per heavy atom. The van der Waals surface area contributed by atoms with Crippen molar-refractivity contribution in [2.24, 2.45) is 0 Å². The van der Waals surface area contributed by atoms with Gasteiger partial charge in [0, 0.05) is 25.6 Å². The summed E-state index contributed by atoms with van der Waals surface area (Å²) < 4.78 is 20.9. The van der Waals surface area contributed by atoms with Crippen LogP contribution in [-0.4, -0.2) is 69.0 Å². The van der Waals surface area contributed by atoms with E-state index in [1.54, 1.807) is 0 Å². The predicted octanol–water partition coefficient (Wildman–Crippen LogP) is 1.03. The third kappa shape index (κ3) is 3.23. The topological polar surface area (TPSA) is 94.5 Å². The van der Waals surface area contributed by atoms with Crippen LogP contribution in [0.15, 0.2) is 12.1 Å². The third-order valence-electron chi connectivity index (χ3n) is 4.05. The monoisotopic (exact) mass is 339 g/mol. The second-order valence-electron chi connectivity index (χ2n) is 5.32. The summed E-state index contributed by atoms with van der Waals surface area (Å²) in [6, 6.07) is 2.08. The Bertz CT molecular complexity index is 606. The van der Waals surface area contributed by atoms with E-state index in [-0.39, 0.29) is 24.6 Å². The lowest BCUT2D eigenvalue weighted by molar-refractivity contribution is -0.141. The fourth-order valence-electron chi connectivity index (χ4n) is 2.80. The summed E-state index contributed by atoms with van der Waals surface area (Å²) in [6.45, 7) is 0.211. The molecule has 2 rings (SSSR count). The third-order valence-corrected chi connectivity index (χ3v) is 4.05. The molecule has 0 radical (unpaired) electrons. The zero-order valence-electron chi connectivity index (χ0n) is 14.1. The first-order chi connectivity index (χ1) is 11.5. The van der Waals surface area contributed by atoms with E-state index < -0.39 is 17.9 Å². The summed E-state index contributed by atoms with van der Waals surface area (Å²) in [5, 5.41) is 9.36. The molecule has 0 spiro atoms. The number of carboxylic acid groups (broad SMARTS) is 1. The lowest BCUT2D eigenvalue weighted by Gasteiger charge is -2.22. The summed E-state index contributed by atoms with van der Waals surface area (Å²) >= 11 is 0. The van der Waals surface area contributed by atoms with Crippen molar-refractivity contribution in [3.63, 3.8) is 0 Å². The Kier molecular flexibility index (Phi) is 5.50. The van der Waals surface area contributed by atoms with Crippen LogP contribution in [0.5, 0.6) is 17.2 Å². The number of carboxylic acids is 1. The smallest absolute Gasteiger partial charge is 0.326 e.